The van der Waals surface area contributed by atoms with Crippen molar-refractivity contribution in [2.24, 2.45) is 5.41 Å². The van der Waals surface area contributed by atoms with E-state index < -0.39 is 0 Å². The predicted molar refractivity (Wildman–Crippen MR) is 87.9 cm³/mol. The van der Waals surface area contributed by atoms with Gasteiger partial charge in [-0.05, 0) is 30.5 Å². The maximum atomic E-state index is 3.50. The summed E-state index contributed by atoms with van der Waals surface area (Å²) in [6.07, 6.45) is 1.33. The Bertz CT molecular complexity index is 395. The molecular formula is C16H26ClN3. The molecule has 1 aromatic rings. The number of benzene rings is 1. The molecule has 1 aromatic carbocycles. The van der Waals surface area contributed by atoms with E-state index in [9.17, 15) is 0 Å². The number of hydrogen-bond donors (Lipinski definition) is 1. The summed E-state index contributed by atoms with van der Waals surface area (Å²) in [6, 6.07) is 10.8. The molecule has 0 bridgehead atoms. The summed E-state index contributed by atoms with van der Waals surface area (Å²) in [5.41, 5.74) is 1.87. The maximum Gasteiger partial charge on any atom is 0.0367 e. The molecule has 3 rings (SSSR count). The third-order valence-corrected chi connectivity index (χ3v) is 4.56. The molecule has 2 aliphatic rings. The monoisotopic (exact) mass is 295 g/mol. The van der Waals surface area contributed by atoms with Gasteiger partial charge in [-0.25, -0.2) is 0 Å². The van der Waals surface area contributed by atoms with Gasteiger partial charge in [-0.3, -0.25) is 4.90 Å². The van der Waals surface area contributed by atoms with E-state index in [-0.39, 0.29) is 12.4 Å². The molecule has 2 fully saturated rings. The van der Waals surface area contributed by atoms with Crippen LogP contribution in [0.5, 0.6) is 0 Å². The van der Waals surface area contributed by atoms with Crippen molar-refractivity contribution in [1.29, 1.82) is 0 Å². The zero-order valence-corrected chi connectivity index (χ0v) is 13.2. The summed E-state index contributed by atoms with van der Waals surface area (Å²) >= 11 is 0. The van der Waals surface area contributed by atoms with E-state index in [1.54, 1.807) is 0 Å². The molecule has 0 saturated carbocycles. The smallest absolute Gasteiger partial charge is 0.0367 e. The second-order valence-corrected chi connectivity index (χ2v) is 6.34. The molecule has 0 radical (unpaired) electrons. The van der Waals surface area contributed by atoms with Crippen molar-refractivity contribution < 1.29 is 0 Å². The van der Waals surface area contributed by atoms with Crippen LogP contribution < -0.4 is 10.2 Å². The highest BCUT2D eigenvalue weighted by Crippen LogP contribution is 2.26. The average molecular weight is 296 g/mol. The fourth-order valence-electron chi connectivity index (χ4n) is 3.35. The van der Waals surface area contributed by atoms with Crippen LogP contribution in [0.3, 0.4) is 0 Å². The molecule has 2 saturated heterocycles. The van der Waals surface area contributed by atoms with E-state index in [0.29, 0.717) is 5.41 Å². The van der Waals surface area contributed by atoms with Gasteiger partial charge in [0.25, 0.3) is 0 Å². The first-order valence-corrected chi connectivity index (χ1v) is 7.48. The van der Waals surface area contributed by atoms with Crippen molar-refractivity contribution >= 4 is 18.1 Å². The van der Waals surface area contributed by atoms with Gasteiger partial charge in [0.2, 0.25) is 0 Å². The molecule has 20 heavy (non-hydrogen) atoms. The summed E-state index contributed by atoms with van der Waals surface area (Å²) in [6.45, 7) is 10.8. The minimum atomic E-state index is 0. The van der Waals surface area contributed by atoms with Gasteiger partial charge in [0, 0.05) is 45.0 Å². The van der Waals surface area contributed by atoms with Crippen LogP contribution in [0.4, 0.5) is 5.69 Å². The van der Waals surface area contributed by atoms with Crippen LogP contribution in [0.1, 0.15) is 13.3 Å². The topological polar surface area (TPSA) is 18.5 Å². The van der Waals surface area contributed by atoms with Gasteiger partial charge in [-0.2, -0.15) is 0 Å². The zero-order chi connectivity index (χ0) is 13.1. The molecule has 112 valence electrons. The van der Waals surface area contributed by atoms with Crippen LogP contribution in [0, 0.1) is 5.41 Å². The molecule has 0 aromatic heterocycles. The minimum absolute atomic E-state index is 0. The van der Waals surface area contributed by atoms with Gasteiger partial charge in [-0.15, -0.1) is 12.4 Å². The van der Waals surface area contributed by atoms with Crippen LogP contribution in [0.2, 0.25) is 0 Å². The Morgan fingerprint density at radius 2 is 1.80 bits per heavy atom. The van der Waals surface area contributed by atoms with Gasteiger partial charge in [0.15, 0.2) is 0 Å². The van der Waals surface area contributed by atoms with Crippen molar-refractivity contribution in [3.8, 4) is 0 Å². The van der Waals surface area contributed by atoms with Crippen molar-refractivity contribution in [3.05, 3.63) is 30.3 Å². The summed E-state index contributed by atoms with van der Waals surface area (Å²) in [5.74, 6) is 0. The standard InChI is InChI=1S/C16H25N3.ClH/c1-16(7-8-17-13-16)14-18-9-11-19(12-10-18)15-5-3-2-4-6-15;/h2-6,17H,7-14H2,1H3;1H. The Labute approximate surface area is 128 Å². The number of anilines is 1. The third kappa shape index (κ3) is 3.66. The Kier molecular flexibility index (Phi) is 5.30. The first-order chi connectivity index (χ1) is 9.25. The van der Waals surface area contributed by atoms with Crippen molar-refractivity contribution in [1.82, 2.24) is 10.2 Å². The molecule has 2 aliphatic heterocycles. The van der Waals surface area contributed by atoms with Crippen LogP contribution >= 0.6 is 12.4 Å². The Morgan fingerprint density at radius 1 is 1.10 bits per heavy atom. The number of para-hydroxylation sites is 1. The first-order valence-electron chi connectivity index (χ1n) is 7.48. The van der Waals surface area contributed by atoms with Gasteiger partial charge >= 0.3 is 0 Å². The van der Waals surface area contributed by atoms with Crippen LogP contribution in [-0.2, 0) is 0 Å². The summed E-state index contributed by atoms with van der Waals surface area (Å²) < 4.78 is 0. The molecule has 2 heterocycles. The molecule has 0 amide bonds. The fourth-order valence-corrected chi connectivity index (χ4v) is 3.35. The number of piperazine rings is 1. The number of nitrogens with one attached hydrogen (secondary N) is 1. The fraction of sp³-hybridized carbons (Fsp3) is 0.625. The van der Waals surface area contributed by atoms with Gasteiger partial charge in [-0.1, -0.05) is 25.1 Å². The van der Waals surface area contributed by atoms with Crippen LogP contribution in [0.25, 0.3) is 0 Å². The lowest BCUT2D eigenvalue weighted by molar-refractivity contribution is 0.169. The predicted octanol–water partition coefficient (Wildman–Crippen LogP) is 2.23. The quantitative estimate of drug-likeness (QED) is 0.922. The highest BCUT2D eigenvalue weighted by Gasteiger charge is 2.31. The van der Waals surface area contributed by atoms with Crippen LogP contribution in [-0.4, -0.2) is 50.7 Å². The second kappa shape index (κ2) is 6.79. The highest BCUT2D eigenvalue weighted by molar-refractivity contribution is 5.85. The van der Waals surface area contributed by atoms with E-state index >= 15 is 0 Å². The molecule has 0 spiro atoms. The largest absolute Gasteiger partial charge is 0.369 e. The van der Waals surface area contributed by atoms with Gasteiger partial charge < -0.3 is 10.2 Å². The van der Waals surface area contributed by atoms with Crippen molar-refractivity contribution in [2.75, 3.05) is 50.7 Å². The third-order valence-electron chi connectivity index (χ3n) is 4.56. The number of halogens is 1. The lowest BCUT2D eigenvalue weighted by atomic mass is 9.89. The molecule has 3 nitrogen and oxygen atoms in total. The lowest BCUT2D eigenvalue weighted by Crippen LogP contribution is -2.49. The molecule has 1 atom stereocenters. The molecular weight excluding hydrogens is 270 g/mol. The van der Waals surface area contributed by atoms with Crippen molar-refractivity contribution in [2.45, 2.75) is 13.3 Å². The van der Waals surface area contributed by atoms with E-state index in [1.165, 1.54) is 44.8 Å². The Hall–Kier alpha value is -0.770. The number of nitrogens with zero attached hydrogens (tertiary/aromatic N) is 2. The highest BCUT2D eigenvalue weighted by atomic mass is 35.5. The van der Waals surface area contributed by atoms with Gasteiger partial charge in [0.05, 0.1) is 0 Å². The number of rotatable bonds is 3. The Balaban J connectivity index is 0.00000147. The van der Waals surface area contributed by atoms with E-state index in [4.69, 9.17) is 0 Å². The molecule has 1 unspecified atom stereocenters. The number of hydrogen-bond acceptors (Lipinski definition) is 3. The van der Waals surface area contributed by atoms with E-state index in [2.05, 4.69) is 52.4 Å². The SMILES string of the molecule is CC1(CN2CCN(c3ccccc3)CC2)CCNC1.Cl. The average Bonchev–Trinajstić information content (AvgIpc) is 2.87. The minimum Gasteiger partial charge on any atom is -0.369 e. The summed E-state index contributed by atoms with van der Waals surface area (Å²) in [4.78, 5) is 5.15. The normalized spacial score (nSPS) is 27.4. The second-order valence-electron chi connectivity index (χ2n) is 6.34. The lowest BCUT2D eigenvalue weighted by Gasteiger charge is -2.39. The summed E-state index contributed by atoms with van der Waals surface area (Å²) in [7, 11) is 0. The van der Waals surface area contributed by atoms with E-state index in [1.807, 2.05) is 0 Å². The van der Waals surface area contributed by atoms with Crippen LogP contribution in [0.15, 0.2) is 30.3 Å². The maximum absolute atomic E-state index is 3.50. The molecule has 4 heteroatoms. The Morgan fingerprint density at radius 3 is 2.40 bits per heavy atom. The van der Waals surface area contributed by atoms with Crippen molar-refractivity contribution in [3.63, 3.8) is 0 Å². The van der Waals surface area contributed by atoms with Gasteiger partial charge in [0.1, 0.15) is 0 Å². The zero-order valence-electron chi connectivity index (χ0n) is 12.3. The molecule has 0 aliphatic carbocycles. The first kappa shape index (κ1) is 15.6. The van der Waals surface area contributed by atoms with E-state index in [0.717, 1.165) is 13.1 Å². The molecule has 1 N–H and O–H groups in total. The summed E-state index contributed by atoms with van der Waals surface area (Å²) in [5, 5.41) is 3.50.